The normalized spacial score (nSPS) is 10.8. The second-order valence-electron chi connectivity index (χ2n) is 5.32. The Hall–Kier alpha value is -1.02. The van der Waals surface area contributed by atoms with Crippen LogP contribution >= 0.6 is 0 Å². The van der Waals surface area contributed by atoms with Crippen molar-refractivity contribution >= 4 is 5.69 Å². The van der Waals surface area contributed by atoms with Gasteiger partial charge in [-0.1, -0.05) is 38.8 Å². The Morgan fingerprint density at radius 3 is 2.50 bits per heavy atom. The predicted octanol–water partition coefficient (Wildman–Crippen LogP) is 4.82. The van der Waals surface area contributed by atoms with Gasteiger partial charge in [-0.05, 0) is 49.3 Å². The van der Waals surface area contributed by atoms with Gasteiger partial charge in [0.2, 0.25) is 0 Å². The molecule has 2 heteroatoms. The van der Waals surface area contributed by atoms with Crippen LogP contribution in [0.3, 0.4) is 0 Å². The summed E-state index contributed by atoms with van der Waals surface area (Å²) < 4.78 is 5.51. The SMILES string of the molecule is CCCOCCCCCCc1c(CC)cccc1NC. The summed E-state index contributed by atoms with van der Waals surface area (Å²) in [6.45, 7) is 6.24. The number of unbranched alkanes of at least 4 members (excludes halogenated alkanes) is 3. The number of nitrogens with one attached hydrogen (secondary N) is 1. The van der Waals surface area contributed by atoms with E-state index in [-0.39, 0.29) is 0 Å². The van der Waals surface area contributed by atoms with Crippen LogP contribution in [0.25, 0.3) is 0 Å². The van der Waals surface area contributed by atoms with Crippen LogP contribution in [0.5, 0.6) is 0 Å². The van der Waals surface area contributed by atoms with Gasteiger partial charge in [-0.15, -0.1) is 0 Å². The molecule has 1 aromatic rings. The molecular formula is C18H31NO. The van der Waals surface area contributed by atoms with Crippen molar-refractivity contribution in [1.29, 1.82) is 0 Å². The molecule has 0 aliphatic heterocycles. The zero-order chi connectivity index (χ0) is 14.6. The Kier molecular flexibility index (Phi) is 9.14. The third kappa shape index (κ3) is 5.96. The van der Waals surface area contributed by atoms with Crippen LogP contribution in [0.4, 0.5) is 5.69 Å². The van der Waals surface area contributed by atoms with E-state index in [4.69, 9.17) is 4.74 Å². The lowest BCUT2D eigenvalue weighted by Gasteiger charge is -2.13. The molecule has 1 aromatic carbocycles. The molecule has 1 rings (SSSR count). The van der Waals surface area contributed by atoms with E-state index in [1.54, 1.807) is 0 Å². The van der Waals surface area contributed by atoms with Crippen LogP contribution in [-0.4, -0.2) is 20.3 Å². The second kappa shape index (κ2) is 10.7. The predicted molar refractivity (Wildman–Crippen MR) is 88.6 cm³/mol. The van der Waals surface area contributed by atoms with Crippen molar-refractivity contribution in [2.45, 2.75) is 58.8 Å². The highest BCUT2D eigenvalue weighted by Gasteiger charge is 2.05. The number of rotatable bonds is 11. The van der Waals surface area contributed by atoms with Crippen molar-refractivity contribution in [1.82, 2.24) is 0 Å². The van der Waals surface area contributed by atoms with Crippen LogP contribution in [0.2, 0.25) is 0 Å². The van der Waals surface area contributed by atoms with Gasteiger partial charge in [0.1, 0.15) is 0 Å². The minimum Gasteiger partial charge on any atom is -0.388 e. The van der Waals surface area contributed by atoms with Gasteiger partial charge in [-0.3, -0.25) is 0 Å². The lowest BCUT2D eigenvalue weighted by molar-refractivity contribution is 0.130. The zero-order valence-electron chi connectivity index (χ0n) is 13.5. The summed E-state index contributed by atoms with van der Waals surface area (Å²) in [5, 5.41) is 3.33. The van der Waals surface area contributed by atoms with Gasteiger partial charge in [-0.25, -0.2) is 0 Å². The van der Waals surface area contributed by atoms with Crippen molar-refractivity contribution in [2.75, 3.05) is 25.6 Å². The van der Waals surface area contributed by atoms with E-state index >= 15 is 0 Å². The van der Waals surface area contributed by atoms with E-state index in [1.165, 1.54) is 48.9 Å². The van der Waals surface area contributed by atoms with Gasteiger partial charge in [-0.2, -0.15) is 0 Å². The number of hydrogen-bond donors (Lipinski definition) is 1. The summed E-state index contributed by atoms with van der Waals surface area (Å²) in [5.41, 5.74) is 4.30. The molecular weight excluding hydrogens is 246 g/mol. The van der Waals surface area contributed by atoms with Gasteiger partial charge >= 0.3 is 0 Å². The van der Waals surface area contributed by atoms with E-state index in [2.05, 4.69) is 37.4 Å². The monoisotopic (exact) mass is 277 g/mol. The molecule has 0 bridgehead atoms. The average molecular weight is 277 g/mol. The maximum atomic E-state index is 5.51. The quantitative estimate of drug-likeness (QED) is 0.585. The first-order valence-corrected chi connectivity index (χ1v) is 8.19. The third-order valence-corrected chi connectivity index (χ3v) is 3.74. The van der Waals surface area contributed by atoms with E-state index in [0.717, 1.165) is 26.1 Å². The topological polar surface area (TPSA) is 21.3 Å². The fourth-order valence-electron chi connectivity index (χ4n) is 2.60. The van der Waals surface area contributed by atoms with Crippen molar-refractivity contribution < 1.29 is 4.74 Å². The lowest BCUT2D eigenvalue weighted by atomic mass is 9.97. The molecule has 0 aromatic heterocycles. The van der Waals surface area contributed by atoms with Crippen molar-refractivity contribution in [2.24, 2.45) is 0 Å². The van der Waals surface area contributed by atoms with Crippen LogP contribution in [0, 0.1) is 0 Å². The van der Waals surface area contributed by atoms with E-state index < -0.39 is 0 Å². The summed E-state index contributed by atoms with van der Waals surface area (Å²) >= 11 is 0. The first-order chi connectivity index (χ1) is 9.83. The molecule has 1 N–H and O–H groups in total. The van der Waals surface area contributed by atoms with Crippen molar-refractivity contribution in [3.63, 3.8) is 0 Å². The molecule has 0 atom stereocenters. The fourth-order valence-corrected chi connectivity index (χ4v) is 2.60. The van der Waals surface area contributed by atoms with Crippen molar-refractivity contribution in [3.8, 4) is 0 Å². The van der Waals surface area contributed by atoms with Crippen LogP contribution < -0.4 is 5.32 Å². The number of anilines is 1. The van der Waals surface area contributed by atoms with Crippen LogP contribution in [0.1, 0.15) is 57.1 Å². The Morgan fingerprint density at radius 2 is 1.80 bits per heavy atom. The molecule has 0 aliphatic rings. The number of hydrogen-bond acceptors (Lipinski definition) is 2. The van der Waals surface area contributed by atoms with E-state index in [0.29, 0.717) is 0 Å². The molecule has 20 heavy (non-hydrogen) atoms. The largest absolute Gasteiger partial charge is 0.388 e. The highest BCUT2D eigenvalue weighted by Crippen LogP contribution is 2.22. The third-order valence-electron chi connectivity index (χ3n) is 3.74. The minimum atomic E-state index is 0.912. The fraction of sp³-hybridized carbons (Fsp3) is 0.667. The molecule has 0 aliphatic carbocycles. The molecule has 114 valence electrons. The first kappa shape index (κ1) is 17.0. The average Bonchev–Trinajstić information content (AvgIpc) is 2.49. The van der Waals surface area contributed by atoms with Crippen molar-refractivity contribution in [3.05, 3.63) is 29.3 Å². The van der Waals surface area contributed by atoms with E-state index in [1.807, 2.05) is 7.05 Å². The Balaban J connectivity index is 2.27. The number of ether oxygens (including phenoxy) is 1. The first-order valence-electron chi connectivity index (χ1n) is 8.19. The highest BCUT2D eigenvalue weighted by atomic mass is 16.5. The zero-order valence-corrected chi connectivity index (χ0v) is 13.5. The maximum Gasteiger partial charge on any atom is 0.0466 e. The highest BCUT2D eigenvalue weighted by molar-refractivity contribution is 5.54. The molecule has 0 unspecified atom stereocenters. The molecule has 0 spiro atoms. The Labute approximate surface area is 124 Å². The van der Waals surface area contributed by atoms with E-state index in [9.17, 15) is 0 Å². The summed E-state index contributed by atoms with van der Waals surface area (Å²) in [5.74, 6) is 0. The standard InChI is InChI=1S/C18H31NO/c1-4-14-20-15-9-7-6-8-12-17-16(5-2)11-10-13-18(17)19-3/h10-11,13,19H,4-9,12,14-15H2,1-3H3. The molecule has 0 saturated heterocycles. The lowest BCUT2D eigenvalue weighted by Crippen LogP contribution is -2.00. The second-order valence-corrected chi connectivity index (χ2v) is 5.32. The number of benzene rings is 1. The van der Waals surface area contributed by atoms with Gasteiger partial charge in [0.15, 0.2) is 0 Å². The van der Waals surface area contributed by atoms with Gasteiger partial charge in [0.25, 0.3) is 0 Å². The molecule has 0 saturated carbocycles. The maximum absolute atomic E-state index is 5.51. The van der Waals surface area contributed by atoms with Gasteiger partial charge < -0.3 is 10.1 Å². The Bertz CT molecular complexity index is 340. The molecule has 0 amide bonds. The summed E-state index contributed by atoms with van der Waals surface area (Å²) in [6.07, 6.45) is 8.50. The molecule has 0 radical (unpaired) electrons. The summed E-state index contributed by atoms with van der Waals surface area (Å²) in [6, 6.07) is 6.60. The Morgan fingerprint density at radius 1 is 1.00 bits per heavy atom. The molecule has 2 nitrogen and oxygen atoms in total. The molecule has 0 fully saturated rings. The molecule has 0 heterocycles. The smallest absolute Gasteiger partial charge is 0.0466 e. The summed E-state index contributed by atoms with van der Waals surface area (Å²) in [7, 11) is 2.02. The number of aryl methyl sites for hydroxylation is 1. The van der Waals surface area contributed by atoms with Gasteiger partial charge in [0.05, 0.1) is 0 Å². The van der Waals surface area contributed by atoms with Crippen LogP contribution in [-0.2, 0) is 17.6 Å². The van der Waals surface area contributed by atoms with Crippen LogP contribution in [0.15, 0.2) is 18.2 Å². The minimum absolute atomic E-state index is 0.912. The van der Waals surface area contributed by atoms with Gasteiger partial charge in [0, 0.05) is 25.9 Å². The summed E-state index contributed by atoms with van der Waals surface area (Å²) in [4.78, 5) is 0.